The van der Waals surface area contributed by atoms with Gasteiger partial charge in [0.05, 0.1) is 6.04 Å². The predicted molar refractivity (Wildman–Crippen MR) is 73.2 cm³/mol. The van der Waals surface area contributed by atoms with Crippen LogP contribution < -0.4 is 5.73 Å². The number of hydrogen-bond donors (Lipinski definition) is 1. The lowest BCUT2D eigenvalue weighted by Crippen LogP contribution is -2.39. The second-order valence-corrected chi connectivity index (χ2v) is 5.60. The molecule has 1 aliphatic heterocycles. The maximum atomic E-state index is 12.1. The minimum absolute atomic E-state index is 0.0340. The second-order valence-electron chi connectivity index (χ2n) is 4.46. The Kier molecular flexibility index (Phi) is 3.98. The highest BCUT2D eigenvalue weighted by Crippen LogP contribution is 2.21. The fourth-order valence-electron chi connectivity index (χ4n) is 2.22. The predicted octanol–water partition coefficient (Wildman–Crippen LogP) is 0.944. The summed E-state index contributed by atoms with van der Waals surface area (Å²) in [5.41, 5.74) is 5.60. The van der Waals surface area contributed by atoms with E-state index in [1.807, 2.05) is 11.9 Å². The van der Waals surface area contributed by atoms with Gasteiger partial charge in [0.25, 0.3) is 0 Å². The highest BCUT2D eigenvalue weighted by atomic mass is 32.1. The van der Waals surface area contributed by atoms with E-state index in [4.69, 9.17) is 5.73 Å². The molecule has 18 heavy (non-hydrogen) atoms. The second kappa shape index (κ2) is 5.49. The SMILES string of the molecule is C=CCN1CCC(N(C)Cc2cnc(N)s2)C1=O. The molecular formula is C12H18N4OS. The summed E-state index contributed by atoms with van der Waals surface area (Å²) < 4.78 is 0. The first-order valence-electron chi connectivity index (χ1n) is 5.92. The summed E-state index contributed by atoms with van der Waals surface area (Å²) in [5.74, 6) is 0.190. The summed E-state index contributed by atoms with van der Waals surface area (Å²) in [7, 11) is 1.97. The summed E-state index contributed by atoms with van der Waals surface area (Å²) >= 11 is 1.47. The molecule has 2 rings (SSSR count). The quantitative estimate of drug-likeness (QED) is 0.806. The highest BCUT2D eigenvalue weighted by Gasteiger charge is 2.33. The number of anilines is 1. The van der Waals surface area contributed by atoms with E-state index in [0.29, 0.717) is 18.2 Å². The molecule has 1 saturated heterocycles. The Labute approximate surface area is 111 Å². The molecule has 0 saturated carbocycles. The molecule has 1 atom stereocenters. The number of nitrogens with zero attached hydrogens (tertiary/aromatic N) is 3. The third kappa shape index (κ3) is 2.70. The zero-order valence-electron chi connectivity index (χ0n) is 10.5. The van der Waals surface area contributed by atoms with Crippen molar-refractivity contribution in [2.24, 2.45) is 0 Å². The molecule has 0 bridgehead atoms. The molecule has 1 aliphatic rings. The molecule has 2 N–H and O–H groups in total. The van der Waals surface area contributed by atoms with Crippen molar-refractivity contribution in [2.75, 3.05) is 25.9 Å². The molecule has 1 fully saturated rings. The van der Waals surface area contributed by atoms with Gasteiger partial charge >= 0.3 is 0 Å². The first-order valence-corrected chi connectivity index (χ1v) is 6.73. The Hall–Kier alpha value is -1.40. The van der Waals surface area contributed by atoms with Crippen molar-refractivity contribution in [3.8, 4) is 0 Å². The number of nitrogen functional groups attached to an aromatic ring is 1. The Morgan fingerprint density at radius 3 is 3.17 bits per heavy atom. The standard InChI is InChI=1S/C12H18N4OS/c1-3-5-16-6-4-10(11(16)17)15(2)8-9-7-14-12(13)18-9/h3,7,10H,1,4-6,8H2,2H3,(H2,13,14). The van der Waals surface area contributed by atoms with E-state index >= 15 is 0 Å². The third-order valence-electron chi connectivity index (χ3n) is 3.13. The number of likely N-dealkylation sites (N-methyl/N-ethyl adjacent to an activating group) is 1. The molecule has 0 aliphatic carbocycles. The van der Waals surface area contributed by atoms with Crippen LogP contribution in [0.5, 0.6) is 0 Å². The normalized spacial score (nSPS) is 19.8. The lowest BCUT2D eigenvalue weighted by molar-refractivity contribution is -0.131. The number of nitrogens with two attached hydrogens (primary N) is 1. The van der Waals surface area contributed by atoms with Crippen molar-refractivity contribution in [3.63, 3.8) is 0 Å². The van der Waals surface area contributed by atoms with Crippen LogP contribution in [0, 0.1) is 0 Å². The van der Waals surface area contributed by atoms with E-state index < -0.39 is 0 Å². The number of rotatable bonds is 5. The first-order chi connectivity index (χ1) is 8.61. The lowest BCUT2D eigenvalue weighted by atomic mass is 10.2. The number of carbonyl (C=O) groups excluding carboxylic acids is 1. The molecular weight excluding hydrogens is 248 g/mol. The molecule has 1 aromatic heterocycles. The smallest absolute Gasteiger partial charge is 0.240 e. The summed E-state index contributed by atoms with van der Waals surface area (Å²) in [6, 6.07) is -0.0340. The lowest BCUT2D eigenvalue weighted by Gasteiger charge is -2.22. The van der Waals surface area contributed by atoms with E-state index in [1.54, 1.807) is 12.3 Å². The van der Waals surface area contributed by atoms with Gasteiger partial charge in [0.1, 0.15) is 0 Å². The van der Waals surface area contributed by atoms with E-state index in [2.05, 4.69) is 16.5 Å². The molecule has 1 unspecified atom stereocenters. The van der Waals surface area contributed by atoms with Crippen molar-refractivity contribution in [2.45, 2.75) is 19.0 Å². The van der Waals surface area contributed by atoms with E-state index in [0.717, 1.165) is 17.8 Å². The van der Waals surface area contributed by atoms with Crippen LogP contribution in [0.15, 0.2) is 18.9 Å². The van der Waals surface area contributed by atoms with Gasteiger partial charge in [-0.05, 0) is 13.5 Å². The number of aromatic nitrogens is 1. The van der Waals surface area contributed by atoms with Crippen LogP contribution in [0.25, 0.3) is 0 Å². The fraction of sp³-hybridized carbons (Fsp3) is 0.500. The van der Waals surface area contributed by atoms with Crippen LogP contribution in [0.3, 0.4) is 0 Å². The molecule has 1 amide bonds. The van der Waals surface area contributed by atoms with Crippen molar-refractivity contribution in [3.05, 3.63) is 23.7 Å². The van der Waals surface area contributed by atoms with E-state index in [9.17, 15) is 4.79 Å². The summed E-state index contributed by atoms with van der Waals surface area (Å²) in [6.45, 7) is 5.83. The Morgan fingerprint density at radius 1 is 1.78 bits per heavy atom. The maximum Gasteiger partial charge on any atom is 0.240 e. The van der Waals surface area contributed by atoms with Gasteiger partial charge in [-0.2, -0.15) is 0 Å². The number of amides is 1. The van der Waals surface area contributed by atoms with E-state index in [1.165, 1.54) is 11.3 Å². The Balaban J connectivity index is 1.95. The highest BCUT2D eigenvalue weighted by molar-refractivity contribution is 7.15. The minimum atomic E-state index is -0.0340. The molecule has 1 aromatic rings. The van der Waals surface area contributed by atoms with Crippen molar-refractivity contribution >= 4 is 22.4 Å². The zero-order valence-corrected chi connectivity index (χ0v) is 11.3. The number of likely N-dealkylation sites (tertiary alicyclic amines) is 1. The molecule has 6 heteroatoms. The summed E-state index contributed by atoms with van der Waals surface area (Å²) in [6.07, 6.45) is 4.42. The molecule has 0 radical (unpaired) electrons. The van der Waals surface area contributed by atoms with Gasteiger partial charge in [-0.25, -0.2) is 4.98 Å². The van der Waals surface area contributed by atoms with Gasteiger partial charge in [-0.15, -0.1) is 17.9 Å². The van der Waals surface area contributed by atoms with Gasteiger partial charge < -0.3 is 10.6 Å². The van der Waals surface area contributed by atoms with Crippen LogP contribution in [0.2, 0.25) is 0 Å². The average molecular weight is 266 g/mol. The topological polar surface area (TPSA) is 62.5 Å². The molecule has 2 heterocycles. The molecule has 5 nitrogen and oxygen atoms in total. The van der Waals surface area contributed by atoms with Gasteiger partial charge in [-0.1, -0.05) is 6.08 Å². The van der Waals surface area contributed by atoms with Crippen LogP contribution in [-0.4, -0.2) is 46.9 Å². The summed E-state index contributed by atoms with van der Waals surface area (Å²) in [4.78, 5) is 21.2. The maximum absolute atomic E-state index is 12.1. The van der Waals surface area contributed by atoms with E-state index in [-0.39, 0.29) is 11.9 Å². The van der Waals surface area contributed by atoms with Crippen molar-refractivity contribution < 1.29 is 4.79 Å². The van der Waals surface area contributed by atoms with Crippen LogP contribution in [0.4, 0.5) is 5.13 Å². The van der Waals surface area contributed by atoms with Gasteiger partial charge in [0.15, 0.2) is 5.13 Å². The molecule has 0 spiro atoms. The number of carbonyl (C=O) groups is 1. The first kappa shape index (κ1) is 13.0. The van der Waals surface area contributed by atoms with Crippen LogP contribution in [-0.2, 0) is 11.3 Å². The van der Waals surface area contributed by atoms with Gasteiger partial charge in [0, 0.05) is 30.7 Å². The van der Waals surface area contributed by atoms with Crippen molar-refractivity contribution in [1.29, 1.82) is 0 Å². The van der Waals surface area contributed by atoms with Crippen LogP contribution in [0.1, 0.15) is 11.3 Å². The minimum Gasteiger partial charge on any atom is -0.375 e. The van der Waals surface area contributed by atoms with Gasteiger partial charge in [-0.3, -0.25) is 9.69 Å². The number of hydrogen-bond acceptors (Lipinski definition) is 5. The van der Waals surface area contributed by atoms with Gasteiger partial charge in [0.2, 0.25) is 5.91 Å². The van der Waals surface area contributed by atoms with Crippen molar-refractivity contribution in [1.82, 2.24) is 14.8 Å². The Morgan fingerprint density at radius 2 is 2.56 bits per heavy atom. The zero-order chi connectivity index (χ0) is 13.1. The largest absolute Gasteiger partial charge is 0.375 e. The molecule has 98 valence electrons. The van der Waals surface area contributed by atoms with Crippen LogP contribution >= 0.6 is 11.3 Å². The number of thiazole rings is 1. The summed E-state index contributed by atoms with van der Waals surface area (Å²) in [5, 5.41) is 0.574. The molecule has 0 aromatic carbocycles. The monoisotopic (exact) mass is 266 g/mol. The Bertz CT molecular complexity index is 445. The fourth-order valence-corrected chi connectivity index (χ4v) is 2.97. The third-order valence-corrected chi connectivity index (χ3v) is 3.94. The average Bonchev–Trinajstić information content (AvgIpc) is 2.87.